The van der Waals surface area contributed by atoms with E-state index in [1.54, 1.807) is 19.0 Å². The molecule has 76 valence electrons. The predicted octanol–water partition coefficient (Wildman–Crippen LogP) is 1.79. The van der Waals surface area contributed by atoms with Gasteiger partial charge in [0, 0.05) is 27.2 Å². The van der Waals surface area contributed by atoms with Gasteiger partial charge in [-0.25, -0.2) is 4.79 Å². The first kappa shape index (κ1) is 10.4. The van der Waals surface area contributed by atoms with Crippen molar-refractivity contribution in [2.24, 2.45) is 5.92 Å². The molecular weight excluding hydrogens is 164 g/mol. The van der Waals surface area contributed by atoms with E-state index in [0.717, 1.165) is 18.8 Å². The fourth-order valence-electron chi connectivity index (χ4n) is 2.00. The molecule has 0 spiro atoms. The second kappa shape index (κ2) is 3.99. The summed E-state index contributed by atoms with van der Waals surface area (Å²) in [6.45, 7) is 2.26. The maximum atomic E-state index is 11.6. The van der Waals surface area contributed by atoms with E-state index in [1.807, 2.05) is 11.9 Å². The van der Waals surface area contributed by atoms with Gasteiger partial charge in [-0.1, -0.05) is 6.92 Å². The average Bonchev–Trinajstić information content (AvgIpc) is 2.49. The Hall–Kier alpha value is -0.730. The Kier molecular flexibility index (Phi) is 3.17. The maximum Gasteiger partial charge on any atom is 0.319 e. The number of nitrogens with zero attached hydrogens (tertiary/aromatic N) is 2. The zero-order valence-corrected chi connectivity index (χ0v) is 9.08. The standard InChI is InChI=1S/C10H20N2O/c1-8-5-6-9(7-8)12(4)10(13)11(2)3/h8-9H,5-7H2,1-4H3. The van der Waals surface area contributed by atoms with E-state index in [2.05, 4.69) is 6.92 Å². The number of carbonyl (C=O) groups is 1. The second-order valence-corrected chi connectivity index (χ2v) is 4.36. The van der Waals surface area contributed by atoms with Crippen LogP contribution in [0.25, 0.3) is 0 Å². The van der Waals surface area contributed by atoms with E-state index in [-0.39, 0.29) is 6.03 Å². The van der Waals surface area contributed by atoms with Crippen LogP contribution in [0.15, 0.2) is 0 Å². The third kappa shape index (κ3) is 2.36. The largest absolute Gasteiger partial charge is 0.331 e. The van der Waals surface area contributed by atoms with Crippen molar-refractivity contribution in [1.29, 1.82) is 0 Å². The van der Waals surface area contributed by atoms with Crippen LogP contribution >= 0.6 is 0 Å². The number of amides is 2. The summed E-state index contributed by atoms with van der Waals surface area (Å²) in [6.07, 6.45) is 3.59. The van der Waals surface area contributed by atoms with Crippen molar-refractivity contribution in [3.05, 3.63) is 0 Å². The highest BCUT2D eigenvalue weighted by atomic mass is 16.2. The summed E-state index contributed by atoms with van der Waals surface area (Å²) >= 11 is 0. The zero-order valence-electron chi connectivity index (χ0n) is 9.08. The van der Waals surface area contributed by atoms with Gasteiger partial charge in [-0.05, 0) is 25.2 Å². The molecular formula is C10H20N2O. The summed E-state index contributed by atoms with van der Waals surface area (Å²) in [5, 5.41) is 0. The summed E-state index contributed by atoms with van der Waals surface area (Å²) in [6, 6.07) is 0.587. The van der Waals surface area contributed by atoms with Crippen LogP contribution < -0.4 is 0 Å². The van der Waals surface area contributed by atoms with E-state index in [9.17, 15) is 4.79 Å². The van der Waals surface area contributed by atoms with Gasteiger partial charge in [0.1, 0.15) is 0 Å². The van der Waals surface area contributed by atoms with Gasteiger partial charge < -0.3 is 9.80 Å². The normalized spacial score (nSPS) is 27.4. The Labute approximate surface area is 80.7 Å². The summed E-state index contributed by atoms with van der Waals surface area (Å²) in [5.41, 5.74) is 0. The van der Waals surface area contributed by atoms with Crippen LogP contribution in [0.1, 0.15) is 26.2 Å². The molecule has 0 aliphatic heterocycles. The van der Waals surface area contributed by atoms with Crippen LogP contribution in [-0.4, -0.2) is 43.0 Å². The van der Waals surface area contributed by atoms with Crippen LogP contribution in [0.5, 0.6) is 0 Å². The Morgan fingerprint density at radius 1 is 1.23 bits per heavy atom. The van der Waals surface area contributed by atoms with Crippen LogP contribution in [0, 0.1) is 5.92 Å². The summed E-state index contributed by atoms with van der Waals surface area (Å²) in [7, 11) is 5.51. The van der Waals surface area contributed by atoms with Gasteiger partial charge in [-0.2, -0.15) is 0 Å². The van der Waals surface area contributed by atoms with Crippen LogP contribution in [0.4, 0.5) is 4.79 Å². The number of carbonyl (C=O) groups excluding carboxylic acids is 1. The molecule has 1 aliphatic rings. The molecule has 2 atom stereocenters. The highest BCUT2D eigenvalue weighted by molar-refractivity contribution is 5.73. The minimum absolute atomic E-state index is 0.124. The molecule has 13 heavy (non-hydrogen) atoms. The molecule has 2 amide bonds. The molecule has 0 bridgehead atoms. The van der Waals surface area contributed by atoms with Crippen molar-refractivity contribution >= 4 is 6.03 Å². The Morgan fingerprint density at radius 2 is 1.85 bits per heavy atom. The predicted molar refractivity (Wildman–Crippen MR) is 53.6 cm³/mol. The molecule has 0 radical (unpaired) electrons. The maximum absolute atomic E-state index is 11.6. The van der Waals surface area contributed by atoms with Gasteiger partial charge >= 0.3 is 6.03 Å². The molecule has 1 rings (SSSR count). The average molecular weight is 184 g/mol. The fourth-order valence-corrected chi connectivity index (χ4v) is 2.00. The van der Waals surface area contributed by atoms with E-state index >= 15 is 0 Å². The number of rotatable bonds is 1. The third-order valence-corrected chi connectivity index (χ3v) is 2.90. The lowest BCUT2D eigenvalue weighted by molar-refractivity contribution is 0.163. The molecule has 1 saturated carbocycles. The Bertz CT molecular complexity index is 191. The van der Waals surface area contributed by atoms with Gasteiger partial charge in [0.05, 0.1) is 0 Å². The topological polar surface area (TPSA) is 23.6 Å². The second-order valence-electron chi connectivity index (χ2n) is 4.36. The minimum atomic E-state index is 0.124. The number of urea groups is 1. The van der Waals surface area contributed by atoms with Crippen molar-refractivity contribution in [2.75, 3.05) is 21.1 Å². The van der Waals surface area contributed by atoms with Crippen molar-refractivity contribution in [3.8, 4) is 0 Å². The number of hydrogen-bond acceptors (Lipinski definition) is 1. The van der Waals surface area contributed by atoms with Gasteiger partial charge in [0.2, 0.25) is 0 Å². The van der Waals surface area contributed by atoms with Crippen molar-refractivity contribution in [3.63, 3.8) is 0 Å². The van der Waals surface area contributed by atoms with E-state index < -0.39 is 0 Å². The molecule has 3 heteroatoms. The smallest absolute Gasteiger partial charge is 0.319 e. The Morgan fingerprint density at radius 3 is 2.23 bits per heavy atom. The quantitative estimate of drug-likeness (QED) is 0.609. The van der Waals surface area contributed by atoms with Gasteiger partial charge in [0.15, 0.2) is 0 Å². The van der Waals surface area contributed by atoms with Crippen LogP contribution in [0.3, 0.4) is 0 Å². The van der Waals surface area contributed by atoms with E-state index in [4.69, 9.17) is 0 Å². The zero-order chi connectivity index (χ0) is 10.0. The fraction of sp³-hybridized carbons (Fsp3) is 0.900. The molecule has 1 aliphatic carbocycles. The first-order valence-corrected chi connectivity index (χ1v) is 4.96. The molecule has 0 N–H and O–H groups in total. The van der Waals surface area contributed by atoms with Crippen LogP contribution in [0.2, 0.25) is 0 Å². The van der Waals surface area contributed by atoms with E-state index in [1.165, 1.54) is 6.42 Å². The van der Waals surface area contributed by atoms with E-state index in [0.29, 0.717) is 6.04 Å². The highest BCUT2D eigenvalue weighted by Gasteiger charge is 2.27. The van der Waals surface area contributed by atoms with Gasteiger partial charge in [-0.3, -0.25) is 0 Å². The summed E-state index contributed by atoms with van der Waals surface area (Å²) < 4.78 is 0. The SMILES string of the molecule is CC1CCC(N(C)C(=O)N(C)C)C1. The number of hydrogen-bond donors (Lipinski definition) is 0. The lowest BCUT2D eigenvalue weighted by atomic mass is 10.1. The third-order valence-electron chi connectivity index (χ3n) is 2.90. The summed E-state index contributed by atoms with van der Waals surface area (Å²) in [4.78, 5) is 15.1. The molecule has 2 unspecified atom stereocenters. The molecule has 1 fully saturated rings. The van der Waals surface area contributed by atoms with Gasteiger partial charge in [-0.15, -0.1) is 0 Å². The lowest BCUT2D eigenvalue weighted by Gasteiger charge is -2.27. The molecule has 0 heterocycles. The Balaban J connectivity index is 2.48. The molecule has 3 nitrogen and oxygen atoms in total. The van der Waals surface area contributed by atoms with Crippen molar-refractivity contribution in [2.45, 2.75) is 32.2 Å². The monoisotopic (exact) mass is 184 g/mol. The molecule has 0 saturated heterocycles. The molecule has 0 aromatic heterocycles. The van der Waals surface area contributed by atoms with Gasteiger partial charge in [0.25, 0.3) is 0 Å². The van der Waals surface area contributed by atoms with Crippen molar-refractivity contribution in [1.82, 2.24) is 9.80 Å². The molecule has 0 aromatic carbocycles. The van der Waals surface area contributed by atoms with Crippen molar-refractivity contribution < 1.29 is 4.79 Å². The molecule has 0 aromatic rings. The lowest BCUT2D eigenvalue weighted by Crippen LogP contribution is -2.41. The first-order chi connectivity index (χ1) is 6.02. The first-order valence-electron chi connectivity index (χ1n) is 4.96. The van der Waals surface area contributed by atoms with Crippen LogP contribution in [-0.2, 0) is 0 Å². The highest BCUT2D eigenvalue weighted by Crippen LogP contribution is 2.28. The minimum Gasteiger partial charge on any atom is -0.331 e. The summed E-state index contributed by atoms with van der Waals surface area (Å²) in [5.74, 6) is 0.780.